The van der Waals surface area contributed by atoms with Crippen molar-refractivity contribution in [2.24, 2.45) is 0 Å². The highest BCUT2D eigenvalue weighted by molar-refractivity contribution is 6.30. The maximum Gasteiger partial charge on any atom is 0.573 e. The Morgan fingerprint density at radius 2 is 1.32 bits per heavy atom. The second-order valence-corrected chi connectivity index (χ2v) is 11.1. The summed E-state index contributed by atoms with van der Waals surface area (Å²) in [4.78, 5) is 0. The molecule has 0 atom stereocenters. The van der Waals surface area contributed by atoms with Gasteiger partial charge in [-0.05, 0) is 107 Å². The summed E-state index contributed by atoms with van der Waals surface area (Å²) in [7, 11) is 0. The lowest BCUT2D eigenvalue weighted by atomic mass is 10.0. The molecule has 0 saturated carbocycles. The van der Waals surface area contributed by atoms with E-state index in [0.29, 0.717) is 24.6 Å². The normalized spacial score (nSPS) is 11.6. The number of nitrogens with zero attached hydrogens (tertiary/aromatic N) is 1. The van der Waals surface area contributed by atoms with Crippen molar-refractivity contribution in [1.29, 1.82) is 0 Å². The van der Waals surface area contributed by atoms with Crippen LogP contribution in [-0.2, 0) is 19.6 Å². The number of fused-ring (bicyclic) bond motifs is 1. The molecular weight excluding hydrogens is 583 g/mol. The minimum Gasteiger partial charge on any atom is -0.489 e. The maximum absolute atomic E-state index is 12.6. The molecule has 5 aromatic carbocycles. The van der Waals surface area contributed by atoms with Crippen molar-refractivity contribution in [2.45, 2.75) is 32.9 Å². The molecule has 0 saturated heterocycles. The van der Waals surface area contributed by atoms with Crippen LogP contribution in [0, 0.1) is 6.92 Å². The highest BCUT2D eigenvalue weighted by Crippen LogP contribution is 2.36. The lowest BCUT2D eigenvalue weighted by molar-refractivity contribution is -0.274. The number of aromatic nitrogens is 1. The average Bonchev–Trinajstić information content (AvgIpc) is 3.28. The van der Waals surface area contributed by atoms with E-state index in [2.05, 4.69) is 46.6 Å². The second kappa shape index (κ2) is 12.5. The number of aryl methyl sites for hydroxylation is 1. The molecule has 0 aliphatic rings. The quantitative estimate of drug-likeness (QED) is 0.162. The van der Waals surface area contributed by atoms with E-state index in [4.69, 9.17) is 16.3 Å². The van der Waals surface area contributed by atoms with Gasteiger partial charge >= 0.3 is 6.36 Å². The molecule has 0 bridgehead atoms. The first-order valence-corrected chi connectivity index (χ1v) is 14.6. The Balaban J connectivity index is 1.32. The molecule has 44 heavy (non-hydrogen) atoms. The Labute approximate surface area is 259 Å². The zero-order valence-electron chi connectivity index (χ0n) is 23.9. The van der Waals surface area contributed by atoms with E-state index in [-0.39, 0.29) is 5.75 Å². The van der Waals surface area contributed by atoms with E-state index in [1.807, 2.05) is 66.7 Å². The summed E-state index contributed by atoms with van der Waals surface area (Å²) in [5, 5.41) is 1.81. The van der Waals surface area contributed by atoms with E-state index in [1.54, 1.807) is 12.1 Å². The van der Waals surface area contributed by atoms with Crippen molar-refractivity contribution in [3.8, 4) is 22.8 Å². The standard InChI is InChI=1S/C37H29ClF3NO2/c1-25-34-22-29(21-26-9-16-33(17-10-26)44-37(39,40)41)11-20-35(34)42(23-27-7-14-31(38)15-8-27)36(25)30-12-18-32(19-13-30)43-24-28-5-3-2-4-6-28/h2-20,22H,21,23-24H2,1H3. The van der Waals surface area contributed by atoms with Crippen molar-refractivity contribution in [2.75, 3.05) is 0 Å². The van der Waals surface area contributed by atoms with Crippen LogP contribution in [-0.4, -0.2) is 10.9 Å². The van der Waals surface area contributed by atoms with E-state index in [9.17, 15) is 13.2 Å². The molecule has 1 aromatic heterocycles. The zero-order chi connectivity index (χ0) is 30.7. The smallest absolute Gasteiger partial charge is 0.489 e. The molecule has 222 valence electrons. The predicted octanol–water partition coefficient (Wildman–Crippen LogP) is 10.4. The van der Waals surface area contributed by atoms with Crippen LogP contribution in [0.5, 0.6) is 11.5 Å². The molecule has 0 amide bonds. The van der Waals surface area contributed by atoms with Crippen LogP contribution in [0.15, 0.2) is 121 Å². The van der Waals surface area contributed by atoms with Crippen molar-refractivity contribution >= 4 is 22.5 Å². The fraction of sp³-hybridized carbons (Fsp3) is 0.135. The van der Waals surface area contributed by atoms with Crippen LogP contribution >= 0.6 is 11.6 Å². The topological polar surface area (TPSA) is 23.4 Å². The first-order valence-electron chi connectivity index (χ1n) is 14.2. The summed E-state index contributed by atoms with van der Waals surface area (Å²) >= 11 is 6.17. The number of benzene rings is 5. The second-order valence-electron chi connectivity index (χ2n) is 10.7. The van der Waals surface area contributed by atoms with Crippen LogP contribution in [0.4, 0.5) is 13.2 Å². The van der Waals surface area contributed by atoms with Crippen molar-refractivity contribution in [1.82, 2.24) is 4.57 Å². The third kappa shape index (κ3) is 6.92. The number of hydrogen-bond acceptors (Lipinski definition) is 2. The highest BCUT2D eigenvalue weighted by Gasteiger charge is 2.31. The summed E-state index contributed by atoms with van der Waals surface area (Å²) in [5.74, 6) is 0.567. The Hall–Kier alpha value is -4.68. The molecule has 0 fully saturated rings. The largest absolute Gasteiger partial charge is 0.573 e. The Morgan fingerprint density at radius 1 is 0.682 bits per heavy atom. The summed E-state index contributed by atoms with van der Waals surface area (Å²) < 4.78 is 50.1. The number of rotatable bonds is 9. The zero-order valence-corrected chi connectivity index (χ0v) is 24.7. The summed E-state index contributed by atoms with van der Waals surface area (Å²) in [6.45, 7) is 3.28. The molecular formula is C37H29ClF3NO2. The first kappa shape index (κ1) is 29.4. The minimum absolute atomic E-state index is 0.229. The molecule has 0 N–H and O–H groups in total. The molecule has 0 spiro atoms. The molecule has 0 aliphatic heterocycles. The van der Waals surface area contributed by atoms with Gasteiger partial charge in [-0.2, -0.15) is 0 Å². The van der Waals surface area contributed by atoms with Gasteiger partial charge in [-0.3, -0.25) is 0 Å². The van der Waals surface area contributed by atoms with Gasteiger partial charge in [0, 0.05) is 22.5 Å². The summed E-state index contributed by atoms with van der Waals surface area (Å²) in [5.41, 5.74) is 8.60. The summed E-state index contributed by atoms with van der Waals surface area (Å²) in [6.07, 6.45) is -4.14. The van der Waals surface area contributed by atoms with Crippen LogP contribution < -0.4 is 9.47 Å². The average molecular weight is 612 g/mol. The molecule has 0 aliphatic carbocycles. The van der Waals surface area contributed by atoms with Crippen LogP contribution in [0.2, 0.25) is 5.02 Å². The SMILES string of the molecule is Cc1c(-c2ccc(OCc3ccccc3)cc2)n(Cc2ccc(Cl)cc2)c2ccc(Cc3ccc(OC(F)(F)F)cc3)cc12. The Kier molecular flexibility index (Phi) is 8.36. The first-order chi connectivity index (χ1) is 21.2. The lowest BCUT2D eigenvalue weighted by Crippen LogP contribution is -2.17. The van der Waals surface area contributed by atoms with Crippen LogP contribution in [0.3, 0.4) is 0 Å². The molecule has 0 unspecified atom stereocenters. The van der Waals surface area contributed by atoms with Gasteiger partial charge in [0.15, 0.2) is 0 Å². The van der Waals surface area contributed by atoms with E-state index in [0.717, 1.165) is 55.7 Å². The highest BCUT2D eigenvalue weighted by atomic mass is 35.5. The maximum atomic E-state index is 12.6. The summed E-state index contributed by atoms with van der Waals surface area (Å²) in [6, 6.07) is 38.5. The van der Waals surface area contributed by atoms with Crippen molar-refractivity contribution in [3.05, 3.63) is 154 Å². The van der Waals surface area contributed by atoms with Crippen molar-refractivity contribution < 1.29 is 22.6 Å². The van der Waals surface area contributed by atoms with E-state index < -0.39 is 6.36 Å². The van der Waals surface area contributed by atoms with Crippen molar-refractivity contribution in [3.63, 3.8) is 0 Å². The molecule has 6 aromatic rings. The van der Waals surface area contributed by atoms with Gasteiger partial charge in [0.25, 0.3) is 0 Å². The lowest BCUT2D eigenvalue weighted by Gasteiger charge is -2.13. The number of alkyl halides is 3. The predicted molar refractivity (Wildman–Crippen MR) is 169 cm³/mol. The van der Waals surface area contributed by atoms with Gasteiger partial charge in [-0.1, -0.05) is 72.3 Å². The number of ether oxygens (including phenoxy) is 2. The number of hydrogen-bond donors (Lipinski definition) is 0. The van der Waals surface area contributed by atoms with Gasteiger partial charge in [0.1, 0.15) is 18.1 Å². The van der Waals surface area contributed by atoms with Gasteiger partial charge in [-0.25, -0.2) is 0 Å². The van der Waals surface area contributed by atoms with Gasteiger partial charge in [0.05, 0.1) is 5.69 Å². The Bertz CT molecular complexity index is 1860. The van der Waals surface area contributed by atoms with Crippen LogP contribution in [0.25, 0.3) is 22.2 Å². The van der Waals surface area contributed by atoms with E-state index >= 15 is 0 Å². The van der Waals surface area contributed by atoms with Gasteiger partial charge in [0.2, 0.25) is 0 Å². The third-order valence-electron chi connectivity index (χ3n) is 7.58. The van der Waals surface area contributed by atoms with Crippen LogP contribution in [0.1, 0.15) is 27.8 Å². The minimum atomic E-state index is -4.71. The molecule has 0 radical (unpaired) electrons. The molecule has 6 rings (SSSR count). The van der Waals surface area contributed by atoms with Gasteiger partial charge < -0.3 is 14.0 Å². The third-order valence-corrected chi connectivity index (χ3v) is 7.83. The molecule has 7 heteroatoms. The number of halogens is 4. The molecule has 1 heterocycles. The Morgan fingerprint density at radius 3 is 2.00 bits per heavy atom. The fourth-order valence-corrected chi connectivity index (χ4v) is 5.61. The molecule has 3 nitrogen and oxygen atoms in total. The fourth-order valence-electron chi connectivity index (χ4n) is 5.48. The van der Waals surface area contributed by atoms with Gasteiger partial charge in [-0.15, -0.1) is 13.2 Å². The monoisotopic (exact) mass is 611 g/mol. The van der Waals surface area contributed by atoms with E-state index in [1.165, 1.54) is 12.1 Å².